The first-order valence-corrected chi connectivity index (χ1v) is 13.2. The van der Waals surface area contributed by atoms with Gasteiger partial charge in [0, 0.05) is 69.5 Å². The molecule has 1 aliphatic heterocycles. The van der Waals surface area contributed by atoms with Gasteiger partial charge in [0.25, 0.3) is 5.91 Å². The molecule has 2 N–H and O–H groups in total. The minimum absolute atomic E-state index is 0.00105. The number of hydrogen-bond acceptors (Lipinski definition) is 6. The third kappa shape index (κ3) is 7.53. The highest BCUT2D eigenvalue weighted by Gasteiger charge is 2.30. The summed E-state index contributed by atoms with van der Waals surface area (Å²) in [5.41, 5.74) is 1.69. The number of nitrogens with one attached hydrogen (secondary N) is 2. The lowest BCUT2D eigenvalue weighted by Crippen LogP contribution is -2.47. The molecule has 1 aliphatic carbocycles. The maximum absolute atomic E-state index is 13.0. The Hall–Kier alpha value is -2.95. The standard InChI is InChI=1S/C26H42N6O5/c1-26(2,3)25(36)31-12-6-8-22(34)32(14-15-37-5)17-21(33)28-18-9-10-20-19(16-18)23(29-30(20)4)24(35)27-11-7-13-31/h18H,6-17H2,1-5H3,(H,27,35)(H,28,33). The monoisotopic (exact) mass is 518 g/mol. The van der Waals surface area contributed by atoms with Crippen LogP contribution < -0.4 is 10.6 Å². The van der Waals surface area contributed by atoms with Crippen molar-refractivity contribution in [3.8, 4) is 0 Å². The number of nitrogens with zero attached hydrogens (tertiary/aromatic N) is 4. The number of aromatic nitrogens is 2. The Balaban J connectivity index is 1.83. The van der Waals surface area contributed by atoms with Crippen molar-refractivity contribution >= 4 is 23.6 Å². The summed E-state index contributed by atoms with van der Waals surface area (Å²) >= 11 is 0. The Kier molecular flexibility index (Phi) is 9.69. The quantitative estimate of drug-likeness (QED) is 0.606. The van der Waals surface area contributed by atoms with Gasteiger partial charge in [-0.25, -0.2) is 0 Å². The molecule has 0 radical (unpaired) electrons. The second-order valence-electron chi connectivity index (χ2n) is 11.0. The van der Waals surface area contributed by atoms with Crippen LogP contribution >= 0.6 is 0 Å². The van der Waals surface area contributed by atoms with E-state index in [9.17, 15) is 19.2 Å². The lowest BCUT2D eigenvalue weighted by molar-refractivity contribution is -0.140. The molecule has 4 amide bonds. The Bertz CT molecular complexity index is 998. The van der Waals surface area contributed by atoms with Gasteiger partial charge in [0.05, 0.1) is 13.2 Å². The predicted octanol–water partition coefficient (Wildman–Crippen LogP) is 0.657. The van der Waals surface area contributed by atoms with Crippen LogP contribution in [-0.4, -0.2) is 95.7 Å². The van der Waals surface area contributed by atoms with Crippen molar-refractivity contribution < 1.29 is 23.9 Å². The molecule has 37 heavy (non-hydrogen) atoms. The van der Waals surface area contributed by atoms with Gasteiger partial charge in [-0.15, -0.1) is 0 Å². The zero-order chi connectivity index (χ0) is 27.2. The summed E-state index contributed by atoms with van der Waals surface area (Å²) in [6.07, 6.45) is 3.26. The first kappa shape index (κ1) is 28.6. The van der Waals surface area contributed by atoms with E-state index in [1.54, 1.807) is 16.7 Å². The van der Waals surface area contributed by atoms with Gasteiger partial charge in [0.1, 0.15) is 0 Å². The molecule has 2 heterocycles. The molecule has 2 aliphatic rings. The molecule has 0 aromatic carbocycles. The molecule has 206 valence electrons. The second-order valence-corrected chi connectivity index (χ2v) is 11.0. The molecule has 1 atom stereocenters. The lowest BCUT2D eigenvalue weighted by atomic mass is 9.91. The van der Waals surface area contributed by atoms with Crippen molar-refractivity contribution in [2.24, 2.45) is 12.5 Å². The molecule has 2 bridgehead atoms. The molecule has 0 fully saturated rings. The van der Waals surface area contributed by atoms with Crippen LogP contribution in [0.3, 0.4) is 0 Å². The number of rotatable bonds is 3. The number of methoxy groups -OCH3 is 1. The molecule has 3 rings (SSSR count). The summed E-state index contributed by atoms with van der Waals surface area (Å²) in [4.78, 5) is 55.3. The first-order valence-electron chi connectivity index (χ1n) is 13.2. The molecule has 1 aromatic heterocycles. The molecule has 11 nitrogen and oxygen atoms in total. The highest BCUT2D eigenvalue weighted by molar-refractivity contribution is 5.94. The number of carbonyl (C=O) groups is 4. The van der Waals surface area contributed by atoms with Crippen LogP contribution in [0.1, 0.15) is 68.2 Å². The Morgan fingerprint density at radius 1 is 1.14 bits per heavy atom. The Labute approximate surface area is 219 Å². The van der Waals surface area contributed by atoms with Crippen LogP contribution in [0.4, 0.5) is 0 Å². The predicted molar refractivity (Wildman–Crippen MR) is 138 cm³/mol. The third-order valence-corrected chi connectivity index (χ3v) is 6.93. The van der Waals surface area contributed by atoms with Crippen LogP contribution in [0.5, 0.6) is 0 Å². The van der Waals surface area contributed by atoms with Crippen molar-refractivity contribution in [3.63, 3.8) is 0 Å². The minimum atomic E-state index is -0.559. The highest BCUT2D eigenvalue weighted by atomic mass is 16.5. The normalized spacial score (nSPS) is 20.7. The minimum Gasteiger partial charge on any atom is -0.383 e. The maximum atomic E-state index is 13.0. The van der Waals surface area contributed by atoms with Gasteiger partial charge >= 0.3 is 0 Å². The SMILES string of the molecule is COCCN1CC(=O)NC2CCc3c(c(nn3C)C(=O)NCCCN(C(=O)C(C)(C)C)CCCC1=O)C2. The average molecular weight is 519 g/mol. The Morgan fingerprint density at radius 3 is 2.57 bits per heavy atom. The van der Waals surface area contributed by atoms with E-state index >= 15 is 0 Å². The zero-order valence-electron chi connectivity index (χ0n) is 22.9. The van der Waals surface area contributed by atoms with Gasteiger partial charge in [0.2, 0.25) is 17.7 Å². The molecule has 11 heteroatoms. The number of carbonyl (C=O) groups excluding carboxylic acids is 4. The van der Waals surface area contributed by atoms with Gasteiger partial charge in [-0.2, -0.15) is 5.10 Å². The van der Waals surface area contributed by atoms with Crippen LogP contribution in [0.15, 0.2) is 0 Å². The molecule has 0 saturated carbocycles. The molecule has 0 spiro atoms. The first-order chi connectivity index (χ1) is 17.5. The smallest absolute Gasteiger partial charge is 0.272 e. The molecule has 0 saturated heterocycles. The van der Waals surface area contributed by atoms with Crippen LogP contribution in [0.25, 0.3) is 0 Å². The van der Waals surface area contributed by atoms with Gasteiger partial charge < -0.3 is 25.2 Å². The molecular formula is C26H42N6O5. The van der Waals surface area contributed by atoms with Gasteiger partial charge in [0.15, 0.2) is 5.69 Å². The third-order valence-electron chi connectivity index (χ3n) is 6.93. The summed E-state index contributed by atoms with van der Waals surface area (Å²) in [6, 6.07) is -0.133. The van der Waals surface area contributed by atoms with E-state index in [0.717, 1.165) is 17.7 Å². The van der Waals surface area contributed by atoms with E-state index in [2.05, 4.69) is 15.7 Å². The number of hydrogen-bond donors (Lipinski definition) is 2. The van der Waals surface area contributed by atoms with Gasteiger partial charge in [-0.05, 0) is 32.1 Å². The van der Waals surface area contributed by atoms with Crippen molar-refractivity contribution in [2.45, 2.75) is 65.3 Å². The summed E-state index contributed by atoms with van der Waals surface area (Å²) in [5, 5.41) is 10.5. The van der Waals surface area contributed by atoms with Gasteiger partial charge in [-0.3, -0.25) is 23.9 Å². The van der Waals surface area contributed by atoms with Crippen molar-refractivity contribution in [1.82, 2.24) is 30.2 Å². The average Bonchev–Trinajstić information content (AvgIpc) is 3.17. The van der Waals surface area contributed by atoms with Crippen LogP contribution in [0.2, 0.25) is 0 Å². The topological polar surface area (TPSA) is 126 Å². The summed E-state index contributed by atoms with van der Waals surface area (Å²) in [5.74, 6) is -0.612. The summed E-state index contributed by atoms with van der Waals surface area (Å²) in [6.45, 7) is 7.50. The van der Waals surface area contributed by atoms with E-state index < -0.39 is 5.41 Å². The van der Waals surface area contributed by atoms with Crippen molar-refractivity contribution in [1.29, 1.82) is 0 Å². The van der Waals surface area contributed by atoms with Crippen LogP contribution in [-0.2, 0) is 39.0 Å². The summed E-state index contributed by atoms with van der Waals surface area (Å²) in [7, 11) is 3.39. The zero-order valence-corrected chi connectivity index (χ0v) is 22.9. The van der Waals surface area contributed by atoms with E-state index in [1.807, 2.05) is 27.8 Å². The molecular weight excluding hydrogens is 476 g/mol. The van der Waals surface area contributed by atoms with E-state index in [0.29, 0.717) is 64.2 Å². The number of ether oxygens (including phenoxy) is 1. The number of fused-ring (bicyclic) bond motifs is 1. The Morgan fingerprint density at radius 2 is 1.86 bits per heavy atom. The van der Waals surface area contributed by atoms with Gasteiger partial charge in [-0.1, -0.05) is 20.8 Å². The second kappa shape index (κ2) is 12.5. The molecule has 1 aromatic rings. The fraction of sp³-hybridized carbons (Fsp3) is 0.731. The number of amides is 4. The lowest BCUT2D eigenvalue weighted by Gasteiger charge is -2.30. The van der Waals surface area contributed by atoms with Crippen molar-refractivity contribution in [3.05, 3.63) is 17.0 Å². The van der Waals surface area contributed by atoms with E-state index in [1.165, 1.54) is 4.90 Å². The fourth-order valence-corrected chi connectivity index (χ4v) is 4.96. The number of aryl methyl sites for hydroxylation is 1. The van der Waals surface area contributed by atoms with E-state index in [-0.39, 0.29) is 42.6 Å². The highest BCUT2D eigenvalue weighted by Crippen LogP contribution is 2.25. The molecule has 1 unspecified atom stereocenters. The largest absolute Gasteiger partial charge is 0.383 e. The fourth-order valence-electron chi connectivity index (χ4n) is 4.96. The van der Waals surface area contributed by atoms with Crippen LogP contribution in [0, 0.1) is 5.41 Å². The van der Waals surface area contributed by atoms with E-state index in [4.69, 9.17) is 4.74 Å². The maximum Gasteiger partial charge on any atom is 0.272 e. The van der Waals surface area contributed by atoms with Crippen molar-refractivity contribution in [2.75, 3.05) is 46.4 Å². The summed E-state index contributed by atoms with van der Waals surface area (Å²) < 4.78 is 6.91.